The molecular formula is C64H34F2. The highest BCUT2D eigenvalue weighted by molar-refractivity contribution is 6.42. The zero-order valence-corrected chi connectivity index (χ0v) is 35.4. The maximum absolute atomic E-state index is 16.3. The summed E-state index contributed by atoms with van der Waals surface area (Å²) in [6.45, 7) is 0. The molecule has 0 aromatic heterocycles. The summed E-state index contributed by atoms with van der Waals surface area (Å²) in [5.74, 6) is -0.483. The van der Waals surface area contributed by atoms with Gasteiger partial charge in [0.1, 0.15) is 11.6 Å². The van der Waals surface area contributed by atoms with Crippen molar-refractivity contribution in [2.24, 2.45) is 0 Å². The van der Waals surface area contributed by atoms with Gasteiger partial charge in [0.15, 0.2) is 0 Å². The third-order valence-electron chi connectivity index (χ3n) is 14.8. The summed E-state index contributed by atoms with van der Waals surface area (Å²) in [6, 6.07) is 71.5. The van der Waals surface area contributed by atoms with Crippen LogP contribution in [0, 0.1) is 11.6 Å². The first-order valence-corrected chi connectivity index (χ1v) is 22.6. The van der Waals surface area contributed by atoms with Gasteiger partial charge in [0.05, 0.1) is 0 Å². The molecule has 15 rings (SSSR count). The smallest absolute Gasteiger partial charge is 0.131 e. The molecule has 66 heavy (non-hydrogen) atoms. The van der Waals surface area contributed by atoms with Crippen molar-refractivity contribution >= 4 is 64.6 Å². The van der Waals surface area contributed by atoms with E-state index in [2.05, 4.69) is 158 Å². The number of hydrogen-bond acceptors (Lipinski definition) is 0. The fourth-order valence-electron chi connectivity index (χ4n) is 12.4. The Labute approximate surface area is 378 Å². The molecule has 0 N–H and O–H groups in total. The van der Waals surface area contributed by atoms with Crippen LogP contribution in [0.5, 0.6) is 0 Å². The molecule has 0 nitrogen and oxygen atoms in total. The molecule has 0 spiro atoms. The third kappa shape index (κ3) is 4.55. The fourth-order valence-corrected chi connectivity index (χ4v) is 12.4. The zero-order valence-electron chi connectivity index (χ0n) is 35.4. The lowest BCUT2D eigenvalue weighted by Crippen LogP contribution is -1.95. The second kappa shape index (κ2) is 13.1. The second-order valence-corrected chi connectivity index (χ2v) is 18.0. The summed E-state index contributed by atoms with van der Waals surface area (Å²) in [7, 11) is 0. The Morgan fingerprint density at radius 3 is 1.02 bits per heavy atom. The molecular weight excluding hydrogens is 807 g/mol. The van der Waals surface area contributed by atoms with Crippen molar-refractivity contribution in [3.8, 4) is 89.0 Å². The second-order valence-electron chi connectivity index (χ2n) is 18.0. The Kier molecular flexibility index (Phi) is 7.11. The molecule has 0 unspecified atom stereocenters. The van der Waals surface area contributed by atoms with Crippen molar-refractivity contribution in [3.05, 3.63) is 218 Å². The number of hydrogen-bond donors (Lipinski definition) is 0. The molecule has 0 amide bonds. The molecule has 0 radical (unpaired) electrons. The number of rotatable bonds is 4. The first kappa shape index (κ1) is 35.9. The molecule has 0 heterocycles. The number of benzene rings is 13. The summed E-state index contributed by atoms with van der Waals surface area (Å²) in [4.78, 5) is 0. The summed E-state index contributed by atoms with van der Waals surface area (Å²) < 4.78 is 31.6. The first-order chi connectivity index (χ1) is 32.6. The van der Waals surface area contributed by atoms with E-state index in [1.807, 2.05) is 24.3 Å². The normalized spacial score (nSPS) is 12.4. The SMILES string of the molecule is Fc1cccc(-c2c3c(c(-c4ccccc4)c4ccccc24)-c2ccc4c5ccc6c7c(ccc(c8ccc-3c2c48)c75)-c2c-6c(-c3ccccc3)c3ccccc3c2-c2ccccc2F)c1. The predicted molar refractivity (Wildman–Crippen MR) is 273 cm³/mol. The summed E-state index contributed by atoms with van der Waals surface area (Å²) in [5, 5.41) is 14.1. The summed E-state index contributed by atoms with van der Waals surface area (Å²) >= 11 is 0. The lowest BCUT2D eigenvalue weighted by molar-refractivity contribution is 0.628. The zero-order chi connectivity index (χ0) is 43.4. The lowest BCUT2D eigenvalue weighted by Gasteiger charge is -2.20. The number of halogens is 2. The van der Waals surface area contributed by atoms with Crippen LogP contribution < -0.4 is 0 Å². The van der Waals surface area contributed by atoms with E-state index < -0.39 is 0 Å². The van der Waals surface area contributed by atoms with E-state index in [0.29, 0.717) is 5.56 Å². The van der Waals surface area contributed by atoms with Crippen LogP contribution in [0.1, 0.15) is 0 Å². The van der Waals surface area contributed by atoms with E-state index >= 15 is 8.78 Å². The van der Waals surface area contributed by atoms with Crippen molar-refractivity contribution in [2.75, 3.05) is 0 Å². The summed E-state index contributed by atoms with van der Waals surface area (Å²) in [6.07, 6.45) is 0. The molecule has 0 saturated heterocycles. The molecule has 13 aromatic rings. The van der Waals surface area contributed by atoms with Gasteiger partial charge >= 0.3 is 0 Å². The van der Waals surface area contributed by atoms with Gasteiger partial charge in [0, 0.05) is 11.1 Å². The van der Waals surface area contributed by atoms with Crippen molar-refractivity contribution < 1.29 is 8.78 Å². The average molecular weight is 841 g/mol. The van der Waals surface area contributed by atoms with Gasteiger partial charge in [0.2, 0.25) is 0 Å². The maximum atomic E-state index is 16.3. The molecule has 0 bridgehead atoms. The van der Waals surface area contributed by atoms with Crippen molar-refractivity contribution in [3.63, 3.8) is 0 Å². The van der Waals surface area contributed by atoms with E-state index in [-0.39, 0.29) is 11.6 Å². The minimum atomic E-state index is -0.252. The van der Waals surface area contributed by atoms with Gasteiger partial charge in [0.25, 0.3) is 0 Å². The fraction of sp³-hybridized carbons (Fsp3) is 0. The van der Waals surface area contributed by atoms with Crippen LogP contribution in [-0.2, 0) is 0 Å². The van der Waals surface area contributed by atoms with Crippen LogP contribution in [0.4, 0.5) is 8.78 Å². The maximum Gasteiger partial charge on any atom is 0.131 e. The third-order valence-corrected chi connectivity index (χ3v) is 14.8. The molecule has 0 saturated carbocycles. The molecule has 2 heteroatoms. The van der Waals surface area contributed by atoms with Gasteiger partial charge in [-0.1, -0.05) is 188 Å². The standard InChI is InChI=1S/C64H34F2/c65-38-19-13-18-37(34-38)55-40-21-8-7-20-39(40)53(35-14-3-1-4-15-35)61-48-30-26-43-45-27-31-49-60-51(33-29-46(57(45)60)44-28-32-50(63(55)61)59(48)56(43)44)64-58(47-24-11-12-25-52(47)66)42-23-10-9-22-41(42)54(62(49)64)36-16-5-2-6-17-36/h1-34H. The lowest BCUT2D eigenvalue weighted by atomic mass is 9.82. The topological polar surface area (TPSA) is 0 Å². The van der Waals surface area contributed by atoms with Crippen molar-refractivity contribution in [1.29, 1.82) is 0 Å². The predicted octanol–water partition coefficient (Wildman–Crippen LogP) is 18.3. The largest absolute Gasteiger partial charge is 0.207 e. The van der Waals surface area contributed by atoms with Crippen molar-refractivity contribution in [2.45, 2.75) is 0 Å². The van der Waals surface area contributed by atoms with Gasteiger partial charge in [-0.15, -0.1) is 0 Å². The Morgan fingerprint density at radius 1 is 0.212 bits per heavy atom. The Bertz CT molecular complexity index is 4260. The Morgan fingerprint density at radius 2 is 0.576 bits per heavy atom. The highest BCUT2D eigenvalue weighted by atomic mass is 19.1. The van der Waals surface area contributed by atoms with Crippen LogP contribution in [0.2, 0.25) is 0 Å². The minimum absolute atomic E-state index is 0.231. The van der Waals surface area contributed by atoms with E-state index in [4.69, 9.17) is 0 Å². The highest BCUT2D eigenvalue weighted by Gasteiger charge is 2.35. The quantitative estimate of drug-likeness (QED) is 0.122. The van der Waals surface area contributed by atoms with E-state index in [0.717, 1.165) is 71.6 Å². The molecule has 0 fully saturated rings. The monoisotopic (exact) mass is 840 g/mol. The van der Waals surface area contributed by atoms with Gasteiger partial charge in [-0.05, 0) is 161 Å². The van der Waals surface area contributed by atoms with Gasteiger partial charge < -0.3 is 0 Å². The van der Waals surface area contributed by atoms with Crippen LogP contribution in [0.25, 0.3) is 154 Å². The minimum Gasteiger partial charge on any atom is -0.207 e. The van der Waals surface area contributed by atoms with Gasteiger partial charge in [-0.3, -0.25) is 0 Å². The van der Waals surface area contributed by atoms with Crippen LogP contribution in [0.3, 0.4) is 0 Å². The van der Waals surface area contributed by atoms with Crippen LogP contribution in [0.15, 0.2) is 206 Å². The van der Waals surface area contributed by atoms with Gasteiger partial charge in [-0.2, -0.15) is 0 Å². The highest BCUT2D eigenvalue weighted by Crippen LogP contribution is 2.63. The molecule has 2 aliphatic rings. The van der Waals surface area contributed by atoms with E-state index in [1.165, 1.54) is 82.5 Å². The van der Waals surface area contributed by atoms with Crippen LogP contribution in [-0.4, -0.2) is 0 Å². The first-order valence-electron chi connectivity index (χ1n) is 22.6. The van der Waals surface area contributed by atoms with Gasteiger partial charge in [-0.25, -0.2) is 8.78 Å². The molecule has 304 valence electrons. The average Bonchev–Trinajstić information content (AvgIpc) is 3.88. The summed E-state index contributed by atoms with van der Waals surface area (Å²) in [5.41, 5.74) is 17.3. The Hall–Kier alpha value is -8.46. The van der Waals surface area contributed by atoms with E-state index in [9.17, 15) is 0 Å². The molecule has 0 atom stereocenters. The Balaban J connectivity index is 1.09. The molecule has 13 aromatic carbocycles. The van der Waals surface area contributed by atoms with Crippen molar-refractivity contribution in [1.82, 2.24) is 0 Å². The van der Waals surface area contributed by atoms with E-state index in [1.54, 1.807) is 18.2 Å². The number of fused-ring (bicyclic) bond motifs is 10. The van der Waals surface area contributed by atoms with Crippen LogP contribution >= 0.6 is 0 Å². The molecule has 2 aliphatic carbocycles. The molecule has 0 aliphatic heterocycles.